The summed E-state index contributed by atoms with van der Waals surface area (Å²) in [5.74, 6) is -1.35. The van der Waals surface area contributed by atoms with Crippen LogP contribution in [0.1, 0.15) is 10.4 Å². The van der Waals surface area contributed by atoms with Gasteiger partial charge in [-0.2, -0.15) is 5.10 Å². The second kappa shape index (κ2) is 7.51. The van der Waals surface area contributed by atoms with Gasteiger partial charge in [-0.15, -0.1) is 0 Å². The van der Waals surface area contributed by atoms with Crippen LogP contribution in [0, 0.1) is 0 Å². The second-order valence-corrected chi connectivity index (χ2v) is 6.59. The third kappa shape index (κ3) is 4.17. The van der Waals surface area contributed by atoms with Gasteiger partial charge in [0.1, 0.15) is 5.69 Å². The maximum atomic E-state index is 11.4. The predicted octanol–water partition coefficient (Wildman–Crippen LogP) is -2.45. The maximum Gasteiger partial charge on any atom is 1.00 e. The molecule has 0 fully saturated rings. The number of carboxylic acid groups (broad SMARTS) is 1. The maximum absolute atomic E-state index is 11.4. The number of primary sulfonamides is 1. The summed E-state index contributed by atoms with van der Waals surface area (Å²) in [6, 6.07) is 14.5. The SMILES string of the molecule is NS(=O)(=O)c1ccc(-n2cc(C(=O)[O-])c(-c3ccccc3)n2)cc1.[Na+]. The predicted molar refractivity (Wildman–Crippen MR) is 84.7 cm³/mol. The Balaban J connectivity index is 0.00000225. The van der Waals surface area contributed by atoms with E-state index in [0.717, 1.165) is 0 Å². The molecule has 0 radical (unpaired) electrons. The zero-order valence-corrected chi connectivity index (χ0v) is 16.1. The Hall–Kier alpha value is -1.97. The third-order valence-electron chi connectivity index (χ3n) is 3.41. The summed E-state index contributed by atoms with van der Waals surface area (Å²) in [5, 5.41) is 20.7. The van der Waals surface area contributed by atoms with Gasteiger partial charge in [0.15, 0.2) is 0 Å². The van der Waals surface area contributed by atoms with Crippen molar-refractivity contribution in [2.24, 2.45) is 5.14 Å². The topological polar surface area (TPSA) is 118 Å². The summed E-state index contributed by atoms with van der Waals surface area (Å²) in [4.78, 5) is 11.3. The number of carbonyl (C=O) groups is 1. The van der Waals surface area contributed by atoms with E-state index in [-0.39, 0.29) is 45.7 Å². The van der Waals surface area contributed by atoms with E-state index in [1.54, 1.807) is 24.3 Å². The molecule has 0 aliphatic carbocycles. The number of aromatic carboxylic acids is 1. The molecule has 0 saturated heterocycles. The minimum absolute atomic E-state index is 0. The van der Waals surface area contributed by atoms with Crippen LogP contribution in [0.15, 0.2) is 65.7 Å². The van der Waals surface area contributed by atoms with Crippen molar-refractivity contribution < 1.29 is 47.9 Å². The molecule has 9 heteroatoms. The summed E-state index contributed by atoms with van der Waals surface area (Å²) in [6.07, 6.45) is 1.32. The minimum Gasteiger partial charge on any atom is -0.545 e. The van der Waals surface area contributed by atoms with Crippen LogP contribution in [0.2, 0.25) is 0 Å². The van der Waals surface area contributed by atoms with E-state index in [2.05, 4.69) is 5.10 Å². The summed E-state index contributed by atoms with van der Waals surface area (Å²) in [6.45, 7) is 0. The van der Waals surface area contributed by atoms with E-state index in [0.29, 0.717) is 11.3 Å². The number of hydrogen-bond donors (Lipinski definition) is 1. The van der Waals surface area contributed by atoms with Crippen LogP contribution in [-0.4, -0.2) is 24.2 Å². The van der Waals surface area contributed by atoms with Gasteiger partial charge in [0, 0.05) is 17.3 Å². The van der Waals surface area contributed by atoms with Crippen molar-refractivity contribution in [3.05, 3.63) is 66.4 Å². The van der Waals surface area contributed by atoms with Gasteiger partial charge < -0.3 is 9.90 Å². The van der Waals surface area contributed by atoms with Crippen molar-refractivity contribution in [1.82, 2.24) is 9.78 Å². The van der Waals surface area contributed by atoms with E-state index in [1.165, 1.54) is 35.1 Å². The first-order chi connectivity index (χ1) is 11.4. The van der Waals surface area contributed by atoms with Crippen molar-refractivity contribution in [3.63, 3.8) is 0 Å². The van der Waals surface area contributed by atoms with Crippen LogP contribution < -0.4 is 39.8 Å². The van der Waals surface area contributed by atoms with Crippen molar-refractivity contribution in [2.45, 2.75) is 4.90 Å². The second-order valence-electron chi connectivity index (χ2n) is 5.03. The zero-order chi connectivity index (χ0) is 17.3. The number of hydrogen-bond acceptors (Lipinski definition) is 5. The molecule has 3 aromatic rings. The summed E-state index contributed by atoms with van der Waals surface area (Å²) < 4.78 is 23.9. The minimum atomic E-state index is -3.79. The van der Waals surface area contributed by atoms with Gasteiger partial charge in [-0.25, -0.2) is 18.2 Å². The van der Waals surface area contributed by atoms with E-state index < -0.39 is 16.0 Å². The fourth-order valence-corrected chi connectivity index (χ4v) is 2.77. The number of aromatic nitrogens is 2. The normalized spacial score (nSPS) is 10.9. The molecule has 7 nitrogen and oxygen atoms in total. The van der Waals surface area contributed by atoms with E-state index in [9.17, 15) is 18.3 Å². The van der Waals surface area contributed by atoms with Crippen molar-refractivity contribution in [2.75, 3.05) is 0 Å². The molecule has 25 heavy (non-hydrogen) atoms. The molecule has 2 N–H and O–H groups in total. The van der Waals surface area contributed by atoms with Gasteiger partial charge in [-0.3, -0.25) is 0 Å². The number of sulfonamides is 1. The number of carboxylic acids is 1. The Bertz CT molecular complexity index is 1000. The first-order valence-electron chi connectivity index (χ1n) is 6.86. The Kier molecular flexibility index (Phi) is 5.81. The molecular formula is C16H12N3NaO4S. The quantitative estimate of drug-likeness (QED) is 0.515. The number of nitrogens with zero attached hydrogens (tertiary/aromatic N) is 2. The molecule has 0 atom stereocenters. The number of benzene rings is 2. The first kappa shape index (κ1) is 19.4. The van der Waals surface area contributed by atoms with Crippen LogP contribution in [0.5, 0.6) is 0 Å². The van der Waals surface area contributed by atoms with Crippen LogP contribution in [0.25, 0.3) is 16.9 Å². The molecule has 0 amide bonds. The monoisotopic (exact) mass is 365 g/mol. The Morgan fingerprint density at radius 1 is 1.04 bits per heavy atom. The fourth-order valence-electron chi connectivity index (χ4n) is 2.25. The Morgan fingerprint density at radius 3 is 2.16 bits per heavy atom. The molecular weight excluding hydrogens is 353 g/mol. The average Bonchev–Trinajstić information content (AvgIpc) is 3.00. The van der Waals surface area contributed by atoms with E-state index >= 15 is 0 Å². The first-order valence-corrected chi connectivity index (χ1v) is 8.40. The molecule has 3 rings (SSSR count). The molecule has 1 heterocycles. The van der Waals surface area contributed by atoms with Gasteiger partial charge in [-0.05, 0) is 24.3 Å². The molecule has 1 aromatic heterocycles. The van der Waals surface area contributed by atoms with Crippen LogP contribution in [0.4, 0.5) is 0 Å². The van der Waals surface area contributed by atoms with Gasteiger partial charge in [0.25, 0.3) is 0 Å². The Morgan fingerprint density at radius 2 is 1.64 bits per heavy atom. The molecule has 0 saturated carbocycles. The van der Waals surface area contributed by atoms with Gasteiger partial charge in [0.2, 0.25) is 10.0 Å². The van der Waals surface area contributed by atoms with E-state index in [1.807, 2.05) is 6.07 Å². The number of carbonyl (C=O) groups excluding carboxylic acids is 1. The standard InChI is InChI=1S/C16H13N3O4S.Na/c17-24(22,23)13-8-6-12(7-9-13)19-10-14(16(20)21)15(18-19)11-4-2-1-3-5-11;/h1-10H,(H,20,21)(H2,17,22,23);/q;+1/p-1. The molecule has 122 valence electrons. The van der Waals surface area contributed by atoms with Gasteiger partial charge in [-0.1, -0.05) is 30.3 Å². The zero-order valence-electron chi connectivity index (χ0n) is 13.3. The smallest absolute Gasteiger partial charge is 0.545 e. The molecule has 2 aromatic carbocycles. The average molecular weight is 365 g/mol. The van der Waals surface area contributed by atoms with Crippen molar-refractivity contribution in [3.8, 4) is 16.9 Å². The molecule has 0 aliphatic rings. The largest absolute Gasteiger partial charge is 1.00 e. The van der Waals surface area contributed by atoms with Crippen molar-refractivity contribution >= 4 is 16.0 Å². The van der Waals surface area contributed by atoms with Gasteiger partial charge in [0.05, 0.1) is 16.6 Å². The van der Waals surface area contributed by atoms with Crippen LogP contribution in [0.3, 0.4) is 0 Å². The fraction of sp³-hybridized carbons (Fsp3) is 0. The van der Waals surface area contributed by atoms with Crippen LogP contribution >= 0.6 is 0 Å². The molecule has 0 bridgehead atoms. The van der Waals surface area contributed by atoms with Crippen molar-refractivity contribution in [1.29, 1.82) is 0 Å². The summed E-state index contributed by atoms with van der Waals surface area (Å²) in [7, 11) is -3.79. The summed E-state index contributed by atoms with van der Waals surface area (Å²) >= 11 is 0. The van der Waals surface area contributed by atoms with Crippen LogP contribution in [-0.2, 0) is 10.0 Å². The molecule has 0 spiro atoms. The number of rotatable bonds is 4. The van der Waals surface area contributed by atoms with E-state index in [4.69, 9.17) is 5.14 Å². The molecule has 0 aliphatic heterocycles. The Labute approximate surface area is 166 Å². The molecule has 0 unspecified atom stereocenters. The third-order valence-corrected chi connectivity index (χ3v) is 4.34. The summed E-state index contributed by atoms with van der Waals surface area (Å²) in [5.41, 5.74) is 1.34. The number of nitrogens with two attached hydrogens (primary N) is 1. The van der Waals surface area contributed by atoms with Gasteiger partial charge >= 0.3 is 29.6 Å².